The van der Waals surface area contributed by atoms with Crippen molar-refractivity contribution in [2.75, 3.05) is 5.32 Å². The van der Waals surface area contributed by atoms with Gasteiger partial charge in [0.1, 0.15) is 0 Å². The summed E-state index contributed by atoms with van der Waals surface area (Å²) in [4.78, 5) is 15.6. The van der Waals surface area contributed by atoms with Crippen molar-refractivity contribution in [3.05, 3.63) is 23.4 Å². The van der Waals surface area contributed by atoms with Gasteiger partial charge in [-0.3, -0.25) is 4.79 Å². The van der Waals surface area contributed by atoms with Crippen LogP contribution in [0.3, 0.4) is 0 Å². The van der Waals surface area contributed by atoms with Crippen LogP contribution in [0, 0.1) is 5.92 Å². The van der Waals surface area contributed by atoms with Gasteiger partial charge in [-0.25, -0.2) is 4.98 Å². The highest BCUT2D eigenvalue weighted by Crippen LogP contribution is 2.18. The number of anilines is 1. The molecule has 1 atom stereocenters. The third-order valence-corrected chi connectivity index (χ3v) is 2.47. The highest BCUT2D eigenvalue weighted by atomic mass is 35.5. The fourth-order valence-electron chi connectivity index (χ4n) is 1.28. The molecule has 1 unspecified atom stereocenters. The molecule has 1 amide bonds. The van der Waals surface area contributed by atoms with E-state index in [0.717, 1.165) is 12.8 Å². The largest absolute Gasteiger partial charge is 0.309 e. The first kappa shape index (κ1) is 12.0. The van der Waals surface area contributed by atoms with Crippen LogP contribution < -0.4 is 5.32 Å². The molecule has 1 heterocycles. The first-order valence-electron chi connectivity index (χ1n) is 5.06. The summed E-state index contributed by atoms with van der Waals surface area (Å²) < 4.78 is 0. The lowest BCUT2D eigenvalue weighted by Crippen LogP contribution is -2.20. The summed E-state index contributed by atoms with van der Waals surface area (Å²) >= 11 is 5.87. The number of pyridine rings is 1. The Labute approximate surface area is 94.9 Å². The summed E-state index contributed by atoms with van der Waals surface area (Å²) in [6.45, 7) is 3.95. The zero-order valence-corrected chi connectivity index (χ0v) is 9.71. The monoisotopic (exact) mass is 226 g/mol. The number of aromatic nitrogens is 1. The van der Waals surface area contributed by atoms with Crippen molar-refractivity contribution in [3.8, 4) is 0 Å². The molecule has 0 aromatic carbocycles. The number of rotatable bonds is 4. The van der Waals surface area contributed by atoms with E-state index in [1.807, 2.05) is 6.92 Å². The molecule has 0 saturated heterocycles. The number of nitrogens with one attached hydrogen (secondary N) is 1. The maximum atomic E-state index is 11.6. The number of nitrogens with zero attached hydrogens (tertiary/aromatic N) is 1. The van der Waals surface area contributed by atoms with Crippen LogP contribution in [0.2, 0.25) is 5.02 Å². The number of carbonyl (C=O) groups is 1. The predicted molar refractivity (Wildman–Crippen MR) is 61.9 cm³/mol. The van der Waals surface area contributed by atoms with E-state index in [4.69, 9.17) is 11.6 Å². The quantitative estimate of drug-likeness (QED) is 0.857. The topological polar surface area (TPSA) is 42.0 Å². The van der Waals surface area contributed by atoms with Gasteiger partial charge >= 0.3 is 0 Å². The second-order valence-electron chi connectivity index (χ2n) is 3.51. The Balaban J connectivity index is 2.62. The van der Waals surface area contributed by atoms with Crippen LogP contribution in [-0.4, -0.2) is 10.9 Å². The van der Waals surface area contributed by atoms with E-state index in [1.165, 1.54) is 0 Å². The molecule has 1 aromatic rings. The molecule has 15 heavy (non-hydrogen) atoms. The van der Waals surface area contributed by atoms with E-state index in [1.54, 1.807) is 18.3 Å². The van der Waals surface area contributed by atoms with Crippen LogP contribution in [-0.2, 0) is 4.79 Å². The first-order chi connectivity index (χ1) is 7.15. The number of hydrogen-bond donors (Lipinski definition) is 1. The molecule has 0 saturated carbocycles. The Kier molecular flexibility index (Phi) is 4.56. The lowest BCUT2D eigenvalue weighted by molar-refractivity contribution is -0.119. The molecule has 1 rings (SSSR count). The predicted octanol–water partition coefficient (Wildman–Crippen LogP) is 3.11. The zero-order chi connectivity index (χ0) is 11.3. The third-order valence-electron chi connectivity index (χ3n) is 2.17. The SMILES string of the molecule is CCCC(C)C(=O)Nc1ncccc1Cl. The Hall–Kier alpha value is -1.09. The van der Waals surface area contributed by atoms with Crippen LogP contribution in [0.25, 0.3) is 0 Å². The molecule has 4 heteroatoms. The molecular weight excluding hydrogens is 212 g/mol. The fourth-order valence-corrected chi connectivity index (χ4v) is 1.45. The number of halogens is 1. The Morgan fingerprint density at radius 1 is 1.67 bits per heavy atom. The maximum Gasteiger partial charge on any atom is 0.228 e. The molecule has 0 aliphatic heterocycles. The minimum Gasteiger partial charge on any atom is -0.309 e. The molecular formula is C11H15ClN2O. The van der Waals surface area contributed by atoms with Crippen molar-refractivity contribution in [3.63, 3.8) is 0 Å². The normalized spacial score (nSPS) is 12.2. The molecule has 0 radical (unpaired) electrons. The minimum atomic E-state index is -0.0301. The van der Waals surface area contributed by atoms with E-state index in [9.17, 15) is 4.79 Å². The highest BCUT2D eigenvalue weighted by Gasteiger charge is 2.13. The van der Waals surface area contributed by atoms with E-state index >= 15 is 0 Å². The van der Waals surface area contributed by atoms with Gasteiger partial charge in [-0.1, -0.05) is 31.9 Å². The van der Waals surface area contributed by atoms with Crippen LogP contribution in [0.5, 0.6) is 0 Å². The van der Waals surface area contributed by atoms with E-state index in [2.05, 4.69) is 17.2 Å². The lowest BCUT2D eigenvalue weighted by atomic mass is 10.1. The highest BCUT2D eigenvalue weighted by molar-refractivity contribution is 6.33. The van der Waals surface area contributed by atoms with Gasteiger partial charge < -0.3 is 5.32 Å². The maximum absolute atomic E-state index is 11.6. The molecule has 0 spiro atoms. The lowest BCUT2D eigenvalue weighted by Gasteiger charge is -2.10. The van der Waals surface area contributed by atoms with Crippen molar-refractivity contribution < 1.29 is 4.79 Å². The number of hydrogen-bond acceptors (Lipinski definition) is 2. The smallest absolute Gasteiger partial charge is 0.228 e. The van der Waals surface area contributed by atoms with Crippen molar-refractivity contribution in [1.82, 2.24) is 4.98 Å². The van der Waals surface area contributed by atoms with Crippen LogP contribution >= 0.6 is 11.6 Å². The summed E-state index contributed by atoms with van der Waals surface area (Å²) in [6.07, 6.45) is 3.47. The molecule has 0 fully saturated rings. The van der Waals surface area contributed by atoms with Crippen molar-refractivity contribution in [2.45, 2.75) is 26.7 Å². The van der Waals surface area contributed by atoms with Gasteiger partial charge in [-0.15, -0.1) is 0 Å². The Bertz CT molecular complexity index is 341. The van der Waals surface area contributed by atoms with Gasteiger partial charge in [0.15, 0.2) is 5.82 Å². The second kappa shape index (κ2) is 5.71. The Morgan fingerprint density at radius 3 is 3.00 bits per heavy atom. The van der Waals surface area contributed by atoms with Crippen LogP contribution in [0.4, 0.5) is 5.82 Å². The van der Waals surface area contributed by atoms with Crippen molar-refractivity contribution in [1.29, 1.82) is 0 Å². The van der Waals surface area contributed by atoms with Gasteiger partial charge in [0.25, 0.3) is 0 Å². The number of amides is 1. The average molecular weight is 227 g/mol. The average Bonchev–Trinajstić information content (AvgIpc) is 2.21. The first-order valence-corrected chi connectivity index (χ1v) is 5.44. The zero-order valence-electron chi connectivity index (χ0n) is 8.96. The van der Waals surface area contributed by atoms with Crippen LogP contribution in [0.15, 0.2) is 18.3 Å². The summed E-state index contributed by atoms with van der Waals surface area (Å²) in [5.41, 5.74) is 0. The van der Waals surface area contributed by atoms with Gasteiger partial charge in [-0.2, -0.15) is 0 Å². The van der Waals surface area contributed by atoms with Crippen molar-refractivity contribution in [2.24, 2.45) is 5.92 Å². The number of carbonyl (C=O) groups excluding carboxylic acids is 1. The second-order valence-corrected chi connectivity index (χ2v) is 3.92. The summed E-state index contributed by atoms with van der Waals surface area (Å²) in [5.74, 6) is 0.401. The molecule has 0 bridgehead atoms. The van der Waals surface area contributed by atoms with Crippen molar-refractivity contribution >= 4 is 23.3 Å². The van der Waals surface area contributed by atoms with E-state index in [0.29, 0.717) is 10.8 Å². The third kappa shape index (κ3) is 3.51. The molecule has 0 aliphatic rings. The Morgan fingerprint density at radius 2 is 2.40 bits per heavy atom. The molecule has 82 valence electrons. The standard InChI is InChI=1S/C11H15ClN2O/c1-3-5-8(2)11(15)14-10-9(12)6-4-7-13-10/h4,6-8H,3,5H2,1-2H3,(H,13,14,15). The summed E-state index contributed by atoms with van der Waals surface area (Å²) in [6, 6.07) is 3.43. The van der Waals surface area contributed by atoms with Crippen LogP contribution in [0.1, 0.15) is 26.7 Å². The molecule has 3 nitrogen and oxygen atoms in total. The van der Waals surface area contributed by atoms with Gasteiger partial charge in [-0.05, 0) is 18.6 Å². The fraction of sp³-hybridized carbons (Fsp3) is 0.455. The van der Waals surface area contributed by atoms with E-state index < -0.39 is 0 Å². The van der Waals surface area contributed by atoms with E-state index in [-0.39, 0.29) is 11.8 Å². The summed E-state index contributed by atoms with van der Waals surface area (Å²) in [7, 11) is 0. The molecule has 1 aromatic heterocycles. The van der Waals surface area contributed by atoms with Gasteiger partial charge in [0.2, 0.25) is 5.91 Å². The van der Waals surface area contributed by atoms with Gasteiger partial charge in [0.05, 0.1) is 5.02 Å². The minimum absolute atomic E-state index is 0.00641. The summed E-state index contributed by atoms with van der Waals surface area (Å²) in [5, 5.41) is 3.18. The molecule has 0 aliphatic carbocycles. The molecule has 1 N–H and O–H groups in total. The van der Waals surface area contributed by atoms with Gasteiger partial charge in [0, 0.05) is 12.1 Å².